The molecule has 0 spiro atoms. The van der Waals surface area contributed by atoms with Crippen molar-refractivity contribution in [3.63, 3.8) is 0 Å². The lowest BCUT2D eigenvalue weighted by Crippen LogP contribution is -2.05. The number of aromatic amines is 1. The first-order chi connectivity index (χ1) is 12.2. The standard InChI is InChI=1S/C19H20N4O2/c1-25-19(24)8-14-7-16(11-20-10-14)15-3-2-4-17(9-15)22-6-5-18-12-21-13-23-18/h2-4,7,9-13,22H,5-6,8H2,1H3,(H,21,23). The molecule has 3 rings (SSSR count). The van der Waals surface area contributed by atoms with Crippen LogP contribution in [0.2, 0.25) is 0 Å². The van der Waals surface area contributed by atoms with Gasteiger partial charge in [-0.25, -0.2) is 4.98 Å². The first-order valence-electron chi connectivity index (χ1n) is 8.07. The first kappa shape index (κ1) is 16.7. The topological polar surface area (TPSA) is 79.9 Å². The van der Waals surface area contributed by atoms with Crippen molar-refractivity contribution in [2.75, 3.05) is 19.0 Å². The van der Waals surface area contributed by atoms with Crippen LogP contribution in [0, 0.1) is 0 Å². The fourth-order valence-corrected chi connectivity index (χ4v) is 2.55. The number of benzene rings is 1. The van der Waals surface area contributed by atoms with E-state index in [4.69, 9.17) is 4.74 Å². The Kier molecular flexibility index (Phi) is 5.41. The van der Waals surface area contributed by atoms with Crippen molar-refractivity contribution in [2.45, 2.75) is 12.8 Å². The Hall–Kier alpha value is -3.15. The summed E-state index contributed by atoms with van der Waals surface area (Å²) in [6, 6.07) is 10.1. The van der Waals surface area contributed by atoms with Crippen LogP contribution in [0.4, 0.5) is 5.69 Å². The van der Waals surface area contributed by atoms with Gasteiger partial charge in [0.05, 0.1) is 19.9 Å². The van der Waals surface area contributed by atoms with Gasteiger partial charge in [-0.2, -0.15) is 0 Å². The second kappa shape index (κ2) is 8.10. The van der Waals surface area contributed by atoms with E-state index < -0.39 is 0 Å². The Labute approximate surface area is 146 Å². The fraction of sp³-hybridized carbons (Fsp3) is 0.211. The van der Waals surface area contributed by atoms with Crippen molar-refractivity contribution in [3.8, 4) is 11.1 Å². The van der Waals surface area contributed by atoms with Crippen LogP contribution in [0.15, 0.2) is 55.2 Å². The molecule has 6 nitrogen and oxygen atoms in total. The van der Waals surface area contributed by atoms with Crippen LogP contribution in [0.3, 0.4) is 0 Å². The van der Waals surface area contributed by atoms with Gasteiger partial charge in [-0.05, 0) is 29.3 Å². The zero-order valence-electron chi connectivity index (χ0n) is 14.0. The summed E-state index contributed by atoms with van der Waals surface area (Å²) in [5, 5.41) is 3.41. The van der Waals surface area contributed by atoms with Gasteiger partial charge in [0.2, 0.25) is 0 Å². The maximum atomic E-state index is 11.4. The Bertz CT molecular complexity index is 831. The molecule has 1 aromatic carbocycles. The number of hydrogen-bond donors (Lipinski definition) is 2. The van der Waals surface area contributed by atoms with Crippen molar-refractivity contribution in [3.05, 3.63) is 66.5 Å². The summed E-state index contributed by atoms with van der Waals surface area (Å²) in [7, 11) is 1.39. The fourth-order valence-electron chi connectivity index (χ4n) is 2.55. The van der Waals surface area contributed by atoms with E-state index in [0.29, 0.717) is 0 Å². The van der Waals surface area contributed by atoms with E-state index in [2.05, 4.69) is 26.3 Å². The monoisotopic (exact) mass is 336 g/mol. The van der Waals surface area contributed by atoms with Gasteiger partial charge in [0.1, 0.15) is 0 Å². The molecule has 0 unspecified atom stereocenters. The van der Waals surface area contributed by atoms with Gasteiger partial charge in [0, 0.05) is 48.5 Å². The van der Waals surface area contributed by atoms with E-state index in [1.54, 1.807) is 18.7 Å². The molecule has 0 saturated heterocycles. The summed E-state index contributed by atoms with van der Waals surface area (Å²) in [5.41, 5.74) is 4.99. The van der Waals surface area contributed by atoms with Gasteiger partial charge in [-0.15, -0.1) is 0 Å². The molecular weight excluding hydrogens is 316 g/mol. The van der Waals surface area contributed by atoms with Gasteiger partial charge in [0.15, 0.2) is 0 Å². The Morgan fingerprint density at radius 2 is 2.08 bits per heavy atom. The first-order valence-corrected chi connectivity index (χ1v) is 8.07. The number of nitrogens with zero attached hydrogens (tertiary/aromatic N) is 2. The number of anilines is 1. The molecule has 2 heterocycles. The normalized spacial score (nSPS) is 10.4. The highest BCUT2D eigenvalue weighted by Gasteiger charge is 2.06. The minimum absolute atomic E-state index is 0.222. The molecule has 0 atom stereocenters. The Morgan fingerprint density at radius 3 is 2.88 bits per heavy atom. The zero-order chi connectivity index (χ0) is 17.5. The van der Waals surface area contributed by atoms with Crippen LogP contribution < -0.4 is 5.32 Å². The molecule has 25 heavy (non-hydrogen) atoms. The smallest absolute Gasteiger partial charge is 0.310 e. The van der Waals surface area contributed by atoms with Crippen molar-refractivity contribution in [2.24, 2.45) is 0 Å². The number of imidazole rings is 1. The molecule has 128 valence electrons. The number of aromatic nitrogens is 3. The third-order valence-electron chi connectivity index (χ3n) is 3.85. The average molecular weight is 336 g/mol. The summed E-state index contributed by atoms with van der Waals surface area (Å²) in [5.74, 6) is -0.270. The van der Waals surface area contributed by atoms with E-state index in [0.717, 1.165) is 41.0 Å². The number of nitrogens with one attached hydrogen (secondary N) is 2. The SMILES string of the molecule is COC(=O)Cc1cncc(-c2cccc(NCCc3cnc[nH]3)c2)c1. The molecule has 0 fully saturated rings. The molecule has 0 aliphatic heterocycles. The van der Waals surface area contributed by atoms with Crippen molar-refractivity contribution < 1.29 is 9.53 Å². The van der Waals surface area contributed by atoms with E-state index in [1.165, 1.54) is 7.11 Å². The molecule has 6 heteroatoms. The molecule has 2 aromatic heterocycles. The summed E-state index contributed by atoms with van der Waals surface area (Å²) in [6.07, 6.45) is 8.10. The van der Waals surface area contributed by atoms with E-state index in [-0.39, 0.29) is 12.4 Å². The number of hydrogen-bond acceptors (Lipinski definition) is 5. The number of pyridine rings is 1. The second-order valence-corrected chi connectivity index (χ2v) is 5.67. The van der Waals surface area contributed by atoms with E-state index in [1.807, 2.05) is 30.5 Å². The summed E-state index contributed by atoms with van der Waals surface area (Å²) in [6.45, 7) is 0.812. The van der Waals surface area contributed by atoms with Crippen molar-refractivity contribution in [1.82, 2.24) is 15.0 Å². The van der Waals surface area contributed by atoms with E-state index >= 15 is 0 Å². The van der Waals surface area contributed by atoms with Gasteiger partial charge < -0.3 is 15.0 Å². The van der Waals surface area contributed by atoms with Crippen LogP contribution >= 0.6 is 0 Å². The summed E-state index contributed by atoms with van der Waals surface area (Å²) >= 11 is 0. The van der Waals surface area contributed by atoms with Gasteiger partial charge in [0.25, 0.3) is 0 Å². The van der Waals surface area contributed by atoms with E-state index in [9.17, 15) is 4.79 Å². The molecule has 0 bridgehead atoms. The molecule has 0 saturated carbocycles. The third-order valence-corrected chi connectivity index (χ3v) is 3.85. The molecular formula is C19H20N4O2. The largest absolute Gasteiger partial charge is 0.469 e. The van der Waals surface area contributed by atoms with Crippen LogP contribution in [0.5, 0.6) is 0 Å². The highest BCUT2D eigenvalue weighted by Crippen LogP contribution is 2.23. The molecule has 0 radical (unpaired) electrons. The highest BCUT2D eigenvalue weighted by molar-refractivity contribution is 5.74. The summed E-state index contributed by atoms with van der Waals surface area (Å²) < 4.78 is 4.71. The molecule has 0 amide bonds. The average Bonchev–Trinajstić information content (AvgIpc) is 3.15. The molecule has 3 aromatic rings. The van der Waals surface area contributed by atoms with Crippen LogP contribution in [0.1, 0.15) is 11.3 Å². The van der Waals surface area contributed by atoms with Gasteiger partial charge in [-0.1, -0.05) is 12.1 Å². The minimum Gasteiger partial charge on any atom is -0.469 e. The second-order valence-electron chi connectivity index (χ2n) is 5.67. The number of carbonyl (C=O) groups excluding carboxylic acids is 1. The quantitative estimate of drug-likeness (QED) is 0.649. The lowest BCUT2D eigenvalue weighted by molar-refractivity contribution is -0.139. The minimum atomic E-state index is -0.270. The van der Waals surface area contributed by atoms with Crippen molar-refractivity contribution >= 4 is 11.7 Å². The number of ether oxygens (including phenoxy) is 1. The summed E-state index contributed by atoms with van der Waals surface area (Å²) in [4.78, 5) is 22.8. The Morgan fingerprint density at radius 1 is 1.16 bits per heavy atom. The Balaban J connectivity index is 1.68. The number of esters is 1. The van der Waals surface area contributed by atoms with Crippen LogP contribution in [-0.4, -0.2) is 34.6 Å². The highest BCUT2D eigenvalue weighted by atomic mass is 16.5. The lowest BCUT2D eigenvalue weighted by atomic mass is 10.0. The number of carbonyl (C=O) groups is 1. The number of rotatable bonds is 7. The lowest BCUT2D eigenvalue weighted by Gasteiger charge is -2.09. The zero-order valence-corrected chi connectivity index (χ0v) is 14.0. The van der Waals surface area contributed by atoms with Gasteiger partial charge in [-0.3, -0.25) is 9.78 Å². The van der Waals surface area contributed by atoms with Gasteiger partial charge >= 0.3 is 5.97 Å². The van der Waals surface area contributed by atoms with Crippen LogP contribution in [-0.2, 0) is 22.4 Å². The predicted molar refractivity (Wildman–Crippen MR) is 96.2 cm³/mol. The third kappa shape index (κ3) is 4.67. The maximum Gasteiger partial charge on any atom is 0.310 e. The molecule has 0 aliphatic carbocycles. The molecule has 2 N–H and O–H groups in total. The van der Waals surface area contributed by atoms with Crippen LogP contribution in [0.25, 0.3) is 11.1 Å². The number of H-pyrrole nitrogens is 1. The predicted octanol–water partition coefficient (Wildman–Crippen LogP) is 2.84. The number of methoxy groups -OCH3 is 1. The van der Waals surface area contributed by atoms with Crippen molar-refractivity contribution in [1.29, 1.82) is 0 Å². The molecule has 0 aliphatic rings. The maximum absolute atomic E-state index is 11.4.